The molecular weight excluding hydrogens is 598 g/mol. The monoisotopic (exact) mass is 632 g/mol. The van der Waals surface area contributed by atoms with Gasteiger partial charge < -0.3 is 20.9 Å². The SMILES string of the molecule is CC(C)(C)[C@@H](NC(=O)C(F)(F)F)C(=O)N1C[C@H]2CC(F)(F)C[C@H]2[C@H]1C(=O)N[C@H](/C=C(\F)S(C)(=O)=O)C[C@@H]1CCNC1=O. The van der Waals surface area contributed by atoms with Gasteiger partial charge in [0.15, 0.2) is 0 Å². The molecular formula is C25H34F6N4O6S. The predicted octanol–water partition coefficient (Wildman–Crippen LogP) is 1.82. The number of nitrogens with one attached hydrogen (secondary N) is 3. The number of likely N-dealkylation sites (tertiary alicyclic amines) is 1. The van der Waals surface area contributed by atoms with Gasteiger partial charge in [-0.2, -0.15) is 17.6 Å². The number of halogens is 6. The molecule has 3 rings (SSSR count). The summed E-state index contributed by atoms with van der Waals surface area (Å²) in [6, 6.07) is -4.87. The second-order valence-corrected chi connectivity index (χ2v) is 14.2. The fraction of sp³-hybridized carbons (Fsp3) is 0.760. The number of hydrogen-bond donors (Lipinski definition) is 3. The summed E-state index contributed by atoms with van der Waals surface area (Å²) >= 11 is 0. The van der Waals surface area contributed by atoms with Gasteiger partial charge in [0.05, 0.1) is 6.04 Å². The Kier molecular flexibility index (Phi) is 9.36. The molecule has 0 aromatic carbocycles. The fourth-order valence-electron chi connectivity index (χ4n) is 5.78. The molecule has 0 radical (unpaired) electrons. The zero-order valence-electron chi connectivity index (χ0n) is 23.4. The molecule has 1 saturated carbocycles. The first-order chi connectivity index (χ1) is 19.0. The van der Waals surface area contributed by atoms with Gasteiger partial charge in [-0.3, -0.25) is 19.2 Å². The van der Waals surface area contributed by atoms with Gasteiger partial charge in [0, 0.05) is 38.1 Å². The number of rotatable bonds is 8. The summed E-state index contributed by atoms with van der Waals surface area (Å²) < 4.78 is 106. The lowest BCUT2D eigenvalue weighted by Crippen LogP contribution is -2.60. The summed E-state index contributed by atoms with van der Waals surface area (Å²) in [7, 11) is -4.36. The molecule has 17 heteroatoms. The number of amides is 4. The van der Waals surface area contributed by atoms with E-state index in [1.807, 2.05) is 0 Å². The normalized spacial score (nSPS) is 27.7. The van der Waals surface area contributed by atoms with E-state index < -0.39 is 111 Å². The summed E-state index contributed by atoms with van der Waals surface area (Å²) in [6.45, 7) is 3.97. The summed E-state index contributed by atoms with van der Waals surface area (Å²) in [5.41, 5.74) is -1.31. The Morgan fingerprint density at radius 3 is 2.26 bits per heavy atom. The van der Waals surface area contributed by atoms with Crippen LogP contribution in [0.2, 0.25) is 0 Å². The Morgan fingerprint density at radius 2 is 1.76 bits per heavy atom. The highest BCUT2D eigenvalue weighted by atomic mass is 32.2. The zero-order valence-corrected chi connectivity index (χ0v) is 24.2. The molecule has 238 valence electrons. The van der Waals surface area contributed by atoms with Crippen LogP contribution in [0.25, 0.3) is 0 Å². The van der Waals surface area contributed by atoms with Crippen molar-refractivity contribution in [1.82, 2.24) is 20.9 Å². The maximum absolute atomic E-state index is 14.5. The first-order valence-corrected chi connectivity index (χ1v) is 15.1. The van der Waals surface area contributed by atoms with Crippen LogP contribution < -0.4 is 16.0 Å². The van der Waals surface area contributed by atoms with Gasteiger partial charge in [0.25, 0.3) is 0 Å². The van der Waals surface area contributed by atoms with Crippen LogP contribution in [-0.4, -0.2) is 86.5 Å². The lowest BCUT2D eigenvalue weighted by atomic mass is 9.85. The number of nitrogens with zero attached hydrogens (tertiary/aromatic N) is 1. The molecule has 6 atom stereocenters. The van der Waals surface area contributed by atoms with Crippen molar-refractivity contribution >= 4 is 33.5 Å². The van der Waals surface area contributed by atoms with E-state index in [0.717, 1.165) is 4.90 Å². The van der Waals surface area contributed by atoms with Gasteiger partial charge in [0.2, 0.25) is 38.6 Å². The molecule has 1 aliphatic carbocycles. The van der Waals surface area contributed by atoms with Crippen molar-refractivity contribution in [3.8, 4) is 0 Å². The number of carbonyl (C=O) groups excluding carboxylic acids is 4. The minimum Gasteiger partial charge on any atom is -0.356 e. The Labute approximate surface area is 238 Å². The average molecular weight is 633 g/mol. The third-order valence-corrected chi connectivity index (χ3v) is 8.63. The molecule has 10 nitrogen and oxygen atoms in total. The summed E-state index contributed by atoms with van der Waals surface area (Å²) in [5.74, 6) is -11.0. The first kappa shape index (κ1) is 33.6. The number of hydrogen-bond acceptors (Lipinski definition) is 6. The smallest absolute Gasteiger partial charge is 0.356 e. The topological polar surface area (TPSA) is 142 Å². The van der Waals surface area contributed by atoms with Gasteiger partial charge in [-0.05, 0) is 36.2 Å². The molecule has 0 unspecified atom stereocenters. The lowest BCUT2D eigenvalue weighted by molar-refractivity contribution is -0.176. The predicted molar refractivity (Wildman–Crippen MR) is 136 cm³/mol. The molecule has 0 bridgehead atoms. The molecule has 2 heterocycles. The highest BCUT2D eigenvalue weighted by Crippen LogP contribution is 2.50. The second-order valence-electron chi connectivity index (χ2n) is 12.3. The third-order valence-electron chi connectivity index (χ3n) is 7.79. The van der Waals surface area contributed by atoms with E-state index in [1.165, 1.54) is 20.8 Å². The van der Waals surface area contributed by atoms with E-state index >= 15 is 0 Å². The van der Waals surface area contributed by atoms with Crippen LogP contribution in [0.1, 0.15) is 46.5 Å². The van der Waals surface area contributed by atoms with E-state index in [1.54, 1.807) is 5.32 Å². The fourth-order valence-corrected chi connectivity index (χ4v) is 6.19. The van der Waals surface area contributed by atoms with Crippen LogP contribution in [-0.2, 0) is 29.0 Å². The van der Waals surface area contributed by atoms with Crippen LogP contribution >= 0.6 is 0 Å². The summed E-state index contributed by atoms with van der Waals surface area (Å²) in [6.07, 6.45) is -5.67. The molecule has 0 aromatic rings. The van der Waals surface area contributed by atoms with E-state index in [-0.39, 0.29) is 19.4 Å². The van der Waals surface area contributed by atoms with Crippen molar-refractivity contribution in [2.75, 3.05) is 19.3 Å². The number of carbonyl (C=O) groups is 4. The van der Waals surface area contributed by atoms with Crippen LogP contribution in [0.4, 0.5) is 26.3 Å². The number of fused-ring (bicyclic) bond motifs is 1. The number of alkyl halides is 5. The maximum Gasteiger partial charge on any atom is 0.471 e. The largest absolute Gasteiger partial charge is 0.471 e. The van der Waals surface area contributed by atoms with Gasteiger partial charge in [-0.25, -0.2) is 17.2 Å². The molecule has 3 fully saturated rings. The quantitative estimate of drug-likeness (QED) is 0.349. The standard InChI is InChI=1S/C25H34F6N4O6S/c1-23(2,3)18(34-22(39)25(29,30)31)21(38)35-11-13-9-24(27,28)10-15(13)17(35)20(37)33-14(8-16(26)42(4,40)41)7-12-5-6-32-19(12)36/h8,12-15,17-18H,5-7,9-11H2,1-4H3,(H,32,36)(H,33,37)(H,34,39)/b16-8+/t12-,13+,14-,15+,17-,18-/m0/s1. The van der Waals surface area contributed by atoms with Crippen molar-refractivity contribution < 1.29 is 53.9 Å². The second kappa shape index (κ2) is 11.7. The highest BCUT2D eigenvalue weighted by molar-refractivity contribution is 7.94. The molecule has 0 aromatic heterocycles. The van der Waals surface area contributed by atoms with Crippen molar-refractivity contribution in [2.45, 2.75) is 76.7 Å². The van der Waals surface area contributed by atoms with Crippen LogP contribution in [0.3, 0.4) is 0 Å². The third kappa shape index (κ3) is 7.75. The summed E-state index contributed by atoms with van der Waals surface area (Å²) in [5, 5.41) is 4.95. The molecule has 3 N–H and O–H groups in total. The molecule has 4 amide bonds. The maximum atomic E-state index is 14.5. The Hall–Kier alpha value is -2.85. The number of sulfone groups is 1. The van der Waals surface area contributed by atoms with Crippen molar-refractivity contribution in [1.29, 1.82) is 0 Å². The van der Waals surface area contributed by atoms with E-state index in [2.05, 4.69) is 10.6 Å². The van der Waals surface area contributed by atoms with E-state index in [9.17, 15) is 53.9 Å². The highest BCUT2D eigenvalue weighted by Gasteiger charge is 2.59. The zero-order chi connectivity index (χ0) is 32.0. The van der Waals surface area contributed by atoms with Gasteiger partial charge >= 0.3 is 12.1 Å². The summed E-state index contributed by atoms with van der Waals surface area (Å²) in [4.78, 5) is 52.0. The van der Waals surface area contributed by atoms with Gasteiger partial charge in [-0.15, -0.1) is 0 Å². The van der Waals surface area contributed by atoms with Crippen LogP contribution in [0.15, 0.2) is 11.2 Å². The Bertz CT molecular complexity index is 1250. The van der Waals surface area contributed by atoms with Crippen LogP contribution in [0.5, 0.6) is 0 Å². The lowest BCUT2D eigenvalue weighted by Gasteiger charge is -2.37. The molecule has 3 aliphatic rings. The van der Waals surface area contributed by atoms with Crippen molar-refractivity contribution in [2.24, 2.45) is 23.2 Å². The molecule has 2 saturated heterocycles. The van der Waals surface area contributed by atoms with E-state index in [0.29, 0.717) is 12.3 Å². The van der Waals surface area contributed by atoms with Crippen molar-refractivity contribution in [3.63, 3.8) is 0 Å². The Morgan fingerprint density at radius 1 is 1.14 bits per heavy atom. The van der Waals surface area contributed by atoms with E-state index in [4.69, 9.17) is 0 Å². The molecule has 2 aliphatic heterocycles. The van der Waals surface area contributed by atoms with Gasteiger partial charge in [0.1, 0.15) is 12.1 Å². The average Bonchev–Trinajstić information content (AvgIpc) is 3.45. The molecule has 0 spiro atoms. The van der Waals surface area contributed by atoms with Gasteiger partial charge in [-0.1, -0.05) is 20.8 Å². The van der Waals surface area contributed by atoms with Crippen LogP contribution in [0, 0.1) is 23.2 Å². The minimum atomic E-state index is -5.33. The minimum absolute atomic E-state index is 0.252. The molecule has 42 heavy (non-hydrogen) atoms. The Balaban J connectivity index is 1.97. The van der Waals surface area contributed by atoms with Crippen molar-refractivity contribution in [3.05, 3.63) is 11.2 Å². The first-order valence-electron chi connectivity index (χ1n) is 13.2.